The van der Waals surface area contributed by atoms with Gasteiger partial charge < -0.3 is 9.73 Å². The minimum atomic E-state index is 0.253. The van der Waals surface area contributed by atoms with Crippen molar-refractivity contribution in [3.05, 3.63) is 23.2 Å². The van der Waals surface area contributed by atoms with Crippen LogP contribution in [0, 0.1) is 0 Å². The fraction of sp³-hybridized carbons (Fsp3) is 0.636. The maximum absolute atomic E-state index is 5.53. The predicted octanol–water partition coefficient (Wildman–Crippen LogP) is 2.57. The Morgan fingerprint density at radius 3 is 2.92 bits per heavy atom. The average Bonchev–Trinajstić information content (AvgIpc) is 2.62. The largest absolute Gasteiger partial charge is 0.467 e. The smallest absolute Gasteiger partial charge is 0.122 e. The Kier molecular flexibility index (Phi) is 1.95. The van der Waals surface area contributed by atoms with E-state index in [-0.39, 0.29) is 5.41 Å². The second-order valence-electron chi connectivity index (χ2n) is 4.39. The minimum absolute atomic E-state index is 0.253. The van der Waals surface area contributed by atoms with E-state index < -0.39 is 0 Å². The Hall–Kier alpha value is -0.760. The Balaban J connectivity index is 2.41. The molecule has 0 aliphatic carbocycles. The quantitative estimate of drug-likeness (QED) is 0.754. The van der Waals surface area contributed by atoms with Gasteiger partial charge in [0.05, 0.1) is 12.8 Å². The first kappa shape index (κ1) is 8.82. The Morgan fingerprint density at radius 2 is 2.23 bits per heavy atom. The lowest BCUT2D eigenvalue weighted by Gasteiger charge is -2.22. The lowest BCUT2D eigenvalue weighted by atomic mass is 9.81. The monoisotopic (exact) mass is 179 g/mol. The van der Waals surface area contributed by atoms with Gasteiger partial charge in [-0.1, -0.05) is 20.8 Å². The standard InChI is InChI=1S/C11H17NO/c1-4-11(2,3)9-7-13-10-6-12-5-8(9)10/h7,12H,4-6H2,1-3H3. The molecule has 2 rings (SSSR count). The third kappa shape index (κ3) is 1.29. The van der Waals surface area contributed by atoms with E-state index in [9.17, 15) is 0 Å². The number of hydrogen-bond donors (Lipinski definition) is 1. The summed E-state index contributed by atoms with van der Waals surface area (Å²) in [6, 6.07) is 0. The van der Waals surface area contributed by atoms with Gasteiger partial charge in [0.2, 0.25) is 0 Å². The molecule has 2 nitrogen and oxygen atoms in total. The van der Waals surface area contributed by atoms with Crippen LogP contribution in [0.2, 0.25) is 0 Å². The van der Waals surface area contributed by atoms with Gasteiger partial charge in [0.25, 0.3) is 0 Å². The predicted molar refractivity (Wildman–Crippen MR) is 52.6 cm³/mol. The summed E-state index contributed by atoms with van der Waals surface area (Å²) < 4.78 is 5.53. The van der Waals surface area contributed by atoms with Gasteiger partial charge in [-0.05, 0) is 11.8 Å². The molecule has 0 spiro atoms. The molecule has 0 fully saturated rings. The van der Waals surface area contributed by atoms with Crippen LogP contribution in [0.4, 0.5) is 0 Å². The van der Waals surface area contributed by atoms with Gasteiger partial charge in [-0.25, -0.2) is 0 Å². The molecular weight excluding hydrogens is 162 g/mol. The van der Waals surface area contributed by atoms with Crippen LogP contribution >= 0.6 is 0 Å². The highest BCUT2D eigenvalue weighted by atomic mass is 16.3. The van der Waals surface area contributed by atoms with E-state index >= 15 is 0 Å². The molecule has 0 bridgehead atoms. The van der Waals surface area contributed by atoms with E-state index in [1.54, 1.807) is 0 Å². The molecule has 0 radical (unpaired) electrons. The fourth-order valence-electron chi connectivity index (χ4n) is 1.82. The van der Waals surface area contributed by atoms with E-state index in [0.717, 1.165) is 25.3 Å². The van der Waals surface area contributed by atoms with Crippen molar-refractivity contribution in [2.75, 3.05) is 0 Å². The van der Waals surface area contributed by atoms with Gasteiger partial charge in [-0.3, -0.25) is 0 Å². The Morgan fingerprint density at radius 1 is 1.46 bits per heavy atom. The highest BCUT2D eigenvalue weighted by molar-refractivity contribution is 5.35. The minimum Gasteiger partial charge on any atom is -0.467 e. The van der Waals surface area contributed by atoms with Crippen molar-refractivity contribution in [1.82, 2.24) is 5.32 Å². The van der Waals surface area contributed by atoms with Crippen molar-refractivity contribution in [2.45, 2.75) is 45.7 Å². The summed E-state index contributed by atoms with van der Waals surface area (Å²) in [7, 11) is 0. The number of rotatable bonds is 2. The molecule has 1 aliphatic heterocycles. The summed E-state index contributed by atoms with van der Waals surface area (Å²) in [5.74, 6) is 1.14. The highest BCUT2D eigenvalue weighted by Gasteiger charge is 2.28. The average molecular weight is 179 g/mol. The van der Waals surface area contributed by atoms with Gasteiger partial charge >= 0.3 is 0 Å². The third-order valence-corrected chi connectivity index (χ3v) is 3.18. The Bertz CT molecular complexity index is 312. The lowest BCUT2D eigenvalue weighted by molar-refractivity contribution is 0.468. The number of fused-ring (bicyclic) bond motifs is 1. The second kappa shape index (κ2) is 2.88. The molecular formula is C11H17NO. The number of nitrogens with one attached hydrogen (secondary N) is 1. The van der Waals surface area contributed by atoms with Gasteiger partial charge in [-0.2, -0.15) is 0 Å². The zero-order valence-electron chi connectivity index (χ0n) is 8.61. The molecule has 1 aromatic rings. The summed E-state index contributed by atoms with van der Waals surface area (Å²) in [5.41, 5.74) is 3.03. The van der Waals surface area contributed by atoms with E-state index in [4.69, 9.17) is 4.42 Å². The normalized spacial score (nSPS) is 16.2. The first-order valence-electron chi connectivity index (χ1n) is 4.95. The molecule has 0 amide bonds. The van der Waals surface area contributed by atoms with Crippen molar-refractivity contribution in [2.24, 2.45) is 0 Å². The second-order valence-corrected chi connectivity index (χ2v) is 4.39. The van der Waals surface area contributed by atoms with Crippen LogP contribution in [-0.2, 0) is 18.5 Å². The fourth-order valence-corrected chi connectivity index (χ4v) is 1.82. The van der Waals surface area contributed by atoms with Crippen molar-refractivity contribution >= 4 is 0 Å². The maximum Gasteiger partial charge on any atom is 0.122 e. The van der Waals surface area contributed by atoms with Crippen LogP contribution in [0.15, 0.2) is 10.7 Å². The molecule has 0 saturated carbocycles. The SMILES string of the molecule is CCC(C)(C)c1coc2c1CNC2. The molecule has 0 saturated heterocycles. The van der Waals surface area contributed by atoms with Crippen LogP contribution in [0.5, 0.6) is 0 Å². The number of hydrogen-bond acceptors (Lipinski definition) is 2. The molecule has 1 aliphatic rings. The molecule has 0 aromatic carbocycles. The molecule has 0 atom stereocenters. The molecule has 2 heteroatoms. The molecule has 0 unspecified atom stereocenters. The molecule has 13 heavy (non-hydrogen) atoms. The van der Waals surface area contributed by atoms with E-state index in [1.807, 2.05) is 6.26 Å². The summed E-state index contributed by atoms with van der Waals surface area (Å²) in [6.07, 6.45) is 3.09. The van der Waals surface area contributed by atoms with Gasteiger partial charge in [-0.15, -0.1) is 0 Å². The molecule has 72 valence electrons. The Labute approximate surface area is 79.3 Å². The van der Waals surface area contributed by atoms with Gasteiger partial charge in [0.1, 0.15) is 5.76 Å². The molecule has 1 aromatic heterocycles. The highest BCUT2D eigenvalue weighted by Crippen LogP contribution is 2.34. The van der Waals surface area contributed by atoms with Crippen molar-refractivity contribution in [3.63, 3.8) is 0 Å². The van der Waals surface area contributed by atoms with Crippen LogP contribution in [0.25, 0.3) is 0 Å². The van der Waals surface area contributed by atoms with Gasteiger partial charge in [0.15, 0.2) is 0 Å². The molecule has 2 heterocycles. The molecule has 1 N–H and O–H groups in total. The summed E-state index contributed by atoms with van der Waals surface area (Å²) in [5, 5.41) is 3.31. The number of furan rings is 1. The zero-order chi connectivity index (χ0) is 9.47. The van der Waals surface area contributed by atoms with E-state index in [2.05, 4.69) is 26.1 Å². The van der Waals surface area contributed by atoms with Crippen molar-refractivity contribution in [3.8, 4) is 0 Å². The van der Waals surface area contributed by atoms with Crippen molar-refractivity contribution in [1.29, 1.82) is 0 Å². The topological polar surface area (TPSA) is 25.2 Å². The summed E-state index contributed by atoms with van der Waals surface area (Å²) in [6.45, 7) is 8.65. The summed E-state index contributed by atoms with van der Waals surface area (Å²) in [4.78, 5) is 0. The lowest BCUT2D eigenvalue weighted by Crippen LogP contribution is -2.17. The zero-order valence-corrected chi connectivity index (χ0v) is 8.61. The summed E-state index contributed by atoms with van der Waals surface area (Å²) >= 11 is 0. The first-order chi connectivity index (χ1) is 6.15. The van der Waals surface area contributed by atoms with E-state index in [0.29, 0.717) is 0 Å². The van der Waals surface area contributed by atoms with Crippen LogP contribution in [0.3, 0.4) is 0 Å². The van der Waals surface area contributed by atoms with Crippen LogP contribution in [0.1, 0.15) is 44.1 Å². The van der Waals surface area contributed by atoms with Crippen LogP contribution in [-0.4, -0.2) is 0 Å². The van der Waals surface area contributed by atoms with Crippen molar-refractivity contribution < 1.29 is 4.42 Å². The maximum atomic E-state index is 5.53. The third-order valence-electron chi connectivity index (χ3n) is 3.18. The van der Waals surface area contributed by atoms with Crippen LogP contribution < -0.4 is 5.32 Å². The first-order valence-corrected chi connectivity index (χ1v) is 4.95. The van der Waals surface area contributed by atoms with Gasteiger partial charge in [0, 0.05) is 17.7 Å². The van der Waals surface area contributed by atoms with E-state index in [1.165, 1.54) is 11.1 Å².